The summed E-state index contributed by atoms with van der Waals surface area (Å²) in [6.45, 7) is 11.6. The van der Waals surface area contributed by atoms with E-state index in [0.29, 0.717) is 11.1 Å². The first kappa shape index (κ1) is 21.2. The van der Waals surface area contributed by atoms with Crippen LogP contribution in [-0.2, 0) is 10.2 Å². The third-order valence-corrected chi connectivity index (χ3v) is 5.87. The van der Waals surface area contributed by atoms with Gasteiger partial charge in [-0.15, -0.1) is 0 Å². The number of benzene rings is 1. The molecule has 1 unspecified atom stereocenters. The minimum atomic E-state index is -0.572. The summed E-state index contributed by atoms with van der Waals surface area (Å²) in [5.41, 5.74) is 2.45. The standard InChI is InChI=1S/C23H30FN3O2/c1-13-23(5,6)19-18(17(24)11-15(12-25)20(19)26-13)14-8-7-9-16(10-14)27-21(28)29-22(2,3)4/h10-11,13,16,26H,7-9H2,1-6H3,(H,27,28)/t13?,16-/m0/s1. The van der Waals surface area contributed by atoms with Gasteiger partial charge in [-0.2, -0.15) is 5.26 Å². The molecule has 2 aliphatic rings. The van der Waals surface area contributed by atoms with Crippen LogP contribution in [0.1, 0.15) is 77.5 Å². The number of carbonyl (C=O) groups is 1. The van der Waals surface area contributed by atoms with Gasteiger partial charge >= 0.3 is 6.09 Å². The Morgan fingerprint density at radius 2 is 2.10 bits per heavy atom. The van der Waals surface area contributed by atoms with Gasteiger partial charge in [-0.05, 0) is 64.2 Å². The number of anilines is 1. The Morgan fingerprint density at radius 3 is 2.72 bits per heavy atom. The number of nitrogens with zero attached hydrogens (tertiary/aromatic N) is 1. The molecule has 2 N–H and O–H groups in total. The molecule has 5 nitrogen and oxygen atoms in total. The van der Waals surface area contributed by atoms with Crippen LogP contribution in [0.5, 0.6) is 0 Å². The molecule has 1 heterocycles. The average molecular weight is 400 g/mol. The summed E-state index contributed by atoms with van der Waals surface area (Å²) >= 11 is 0. The van der Waals surface area contributed by atoms with E-state index in [9.17, 15) is 10.1 Å². The molecule has 2 atom stereocenters. The smallest absolute Gasteiger partial charge is 0.408 e. The van der Waals surface area contributed by atoms with Crippen LogP contribution in [0.15, 0.2) is 12.1 Å². The highest BCUT2D eigenvalue weighted by Crippen LogP contribution is 2.48. The van der Waals surface area contributed by atoms with Crippen molar-refractivity contribution >= 4 is 17.4 Å². The number of nitriles is 1. The molecule has 6 heteroatoms. The molecular weight excluding hydrogens is 369 g/mol. The zero-order valence-electron chi connectivity index (χ0n) is 18.1. The fraction of sp³-hybridized carbons (Fsp3) is 0.565. The normalized spacial score (nSPS) is 22.8. The summed E-state index contributed by atoms with van der Waals surface area (Å²) in [4.78, 5) is 12.2. The molecule has 0 bridgehead atoms. The van der Waals surface area contributed by atoms with Crippen molar-refractivity contribution in [2.24, 2.45) is 0 Å². The van der Waals surface area contributed by atoms with Gasteiger partial charge in [-0.25, -0.2) is 9.18 Å². The lowest BCUT2D eigenvalue weighted by molar-refractivity contribution is 0.0511. The van der Waals surface area contributed by atoms with Gasteiger partial charge in [0, 0.05) is 17.0 Å². The molecule has 0 aromatic heterocycles. The van der Waals surface area contributed by atoms with Gasteiger partial charge < -0.3 is 15.4 Å². The summed E-state index contributed by atoms with van der Waals surface area (Å²) in [6.07, 6.45) is 3.81. The van der Waals surface area contributed by atoms with E-state index in [2.05, 4.69) is 30.6 Å². The number of halogens is 1. The van der Waals surface area contributed by atoms with Gasteiger partial charge in [-0.1, -0.05) is 19.9 Å². The minimum absolute atomic E-state index is 0.0741. The molecular formula is C23H30FN3O2. The Hall–Kier alpha value is -2.55. The quantitative estimate of drug-likeness (QED) is 0.712. The van der Waals surface area contributed by atoms with Crippen molar-refractivity contribution < 1.29 is 13.9 Å². The molecule has 0 saturated carbocycles. The number of amides is 1. The number of hydrogen-bond acceptors (Lipinski definition) is 4. The molecule has 3 rings (SSSR count). The van der Waals surface area contributed by atoms with Crippen molar-refractivity contribution in [1.82, 2.24) is 5.32 Å². The van der Waals surface area contributed by atoms with Crippen molar-refractivity contribution in [1.29, 1.82) is 5.26 Å². The fourth-order valence-corrected chi connectivity index (χ4v) is 4.16. The van der Waals surface area contributed by atoms with Crippen LogP contribution in [0.25, 0.3) is 5.57 Å². The molecule has 1 aliphatic carbocycles. The molecule has 1 aliphatic heterocycles. The van der Waals surface area contributed by atoms with E-state index in [1.54, 1.807) is 0 Å². The number of ether oxygens (including phenoxy) is 1. The summed E-state index contributed by atoms with van der Waals surface area (Å²) in [5.74, 6) is -0.381. The zero-order valence-corrected chi connectivity index (χ0v) is 18.1. The van der Waals surface area contributed by atoms with Gasteiger partial charge in [0.05, 0.1) is 17.3 Å². The minimum Gasteiger partial charge on any atom is -0.444 e. The number of allylic oxidation sites excluding steroid dienone is 1. The highest BCUT2D eigenvalue weighted by atomic mass is 19.1. The van der Waals surface area contributed by atoms with Crippen molar-refractivity contribution in [2.45, 2.75) is 83.9 Å². The van der Waals surface area contributed by atoms with E-state index in [1.165, 1.54) is 6.07 Å². The second-order valence-electron chi connectivity index (χ2n) is 9.57. The number of alkyl carbamates (subject to hydrolysis) is 1. The predicted molar refractivity (Wildman–Crippen MR) is 112 cm³/mol. The van der Waals surface area contributed by atoms with E-state index < -0.39 is 11.7 Å². The Bertz CT molecular complexity index is 906. The number of fused-ring (bicyclic) bond motifs is 1. The highest BCUT2D eigenvalue weighted by molar-refractivity contribution is 5.82. The van der Waals surface area contributed by atoms with Crippen LogP contribution < -0.4 is 10.6 Å². The predicted octanol–water partition coefficient (Wildman–Crippen LogP) is 5.25. The molecule has 0 spiro atoms. The zero-order chi connectivity index (χ0) is 21.6. The third kappa shape index (κ3) is 4.10. The Balaban J connectivity index is 2.01. The third-order valence-electron chi connectivity index (χ3n) is 5.87. The second-order valence-corrected chi connectivity index (χ2v) is 9.57. The monoisotopic (exact) mass is 399 g/mol. The summed E-state index contributed by atoms with van der Waals surface area (Å²) in [7, 11) is 0. The van der Waals surface area contributed by atoms with Crippen LogP contribution in [-0.4, -0.2) is 23.8 Å². The Labute approximate surface area is 172 Å². The lowest BCUT2D eigenvalue weighted by Crippen LogP contribution is -2.39. The van der Waals surface area contributed by atoms with Crippen molar-refractivity contribution in [3.63, 3.8) is 0 Å². The number of nitrogens with one attached hydrogen (secondary N) is 2. The van der Waals surface area contributed by atoms with Crippen molar-refractivity contribution in [3.8, 4) is 6.07 Å². The van der Waals surface area contributed by atoms with E-state index >= 15 is 4.39 Å². The van der Waals surface area contributed by atoms with Crippen LogP contribution in [0.3, 0.4) is 0 Å². The largest absolute Gasteiger partial charge is 0.444 e. The number of carbonyl (C=O) groups excluding carboxylic acids is 1. The van der Waals surface area contributed by atoms with Crippen LogP contribution in [0.2, 0.25) is 0 Å². The SMILES string of the molecule is CC1Nc2c(C#N)cc(F)c(C3=C[C@@H](NC(=O)OC(C)(C)C)CCC3)c2C1(C)C. The molecule has 0 fully saturated rings. The summed E-state index contributed by atoms with van der Waals surface area (Å²) in [5, 5.41) is 15.7. The van der Waals surface area contributed by atoms with Crippen molar-refractivity contribution in [3.05, 3.63) is 34.6 Å². The highest BCUT2D eigenvalue weighted by Gasteiger charge is 2.42. The second kappa shape index (κ2) is 7.37. The molecule has 1 aromatic rings. The average Bonchev–Trinajstić information content (AvgIpc) is 2.83. The molecule has 1 aromatic carbocycles. The van der Waals surface area contributed by atoms with E-state index in [1.807, 2.05) is 33.8 Å². The number of hydrogen-bond donors (Lipinski definition) is 2. The lowest BCUT2D eigenvalue weighted by Gasteiger charge is -2.29. The van der Waals surface area contributed by atoms with Crippen LogP contribution in [0.4, 0.5) is 14.9 Å². The molecule has 29 heavy (non-hydrogen) atoms. The summed E-state index contributed by atoms with van der Waals surface area (Å²) < 4.78 is 20.6. The summed E-state index contributed by atoms with van der Waals surface area (Å²) in [6, 6.07) is 3.30. The maximum Gasteiger partial charge on any atom is 0.408 e. The van der Waals surface area contributed by atoms with Gasteiger partial charge in [0.2, 0.25) is 0 Å². The first-order chi connectivity index (χ1) is 13.4. The van der Waals surface area contributed by atoms with Gasteiger partial charge in [-0.3, -0.25) is 0 Å². The number of rotatable bonds is 2. The van der Waals surface area contributed by atoms with E-state index in [0.717, 1.165) is 36.1 Å². The lowest BCUT2D eigenvalue weighted by atomic mass is 9.75. The van der Waals surface area contributed by atoms with Crippen molar-refractivity contribution in [2.75, 3.05) is 5.32 Å². The van der Waals surface area contributed by atoms with Crippen LogP contribution >= 0.6 is 0 Å². The van der Waals surface area contributed by atoms with Gasteiger partial charge in [0.15, 0.2) is 0 Å². The van der Waals surface area contributed by atoms with Gasteiger partial charge in [0.25, 0.3) is 0 Å². The fourth-order valence-electron chi connectivity index (χ4n) is 4.16. The maximum atomic E-state index is 15.2. The van der Waals surface area contributed by atoms with Crippen LogP contribution in [0, 0.1) is 17.1 Å². The van der Waals surface area contributed by atoms with E-state index in [4.69, 9.17) is 4.74 Å². The Morgan fingerprint density at radius 1 is 1.41 bits per heavy atom. The maximum absolute atomic E-state index is 15.2. The molecule has 1 amide bonds. The van der Waals surface area contributed by atoms with Gasteiger partial charge in [0.1, 0.15) is 17.5 Å². The molecule has 0 radical (unpaired) electrons. The first-order valence-electron chi connectivity index (χ1n) is 10.2. The molecule has 0 saturated heterocycles. The topological polar surface area (TPSA) is 74.2 Å². The van der Waals surface area contributed by atoms with E-state index in [-0.39, 0.29) is 23.3 Å². The first-order valence-corrected chi connectivity index (χ1v) is 10.2. The molecule has 156 valence electrons. The Kier molecular flexibility index (Phi) is 5.38.